The highest BCUT2D eigenvalue weighted by Gasteiger charge is 2.56. The number of rotatable bonds is 5. The lowest BCUT2D eigenvalue weighted by Gasteiger charge is -2.16. The van der Waals surface area contributed by atoms with Crippen molar-refractivity contribution in [1.82, 2.24) is 0 Å². The van der Waals surface area contributed by atoms with E-state index in [1.54, 1.807) is 24.3 Å². The van der Waals surface area contributed by atoms with Gasteiger partial charge in [-0.15, -0.1) is 0 Å². The average Bonchev–Trinajstić information content (AvgIpc) is 3.40. The first-order valence-electron chi connectivity index (χ1n) is 7.67. The molecule has 2 N–H and O–H groups in total. The smallest absolute Gasteiger partial charge is 0.240 e. The summed E-state index contributed by atoms with van der Waals surface area (Å²) in [6.45, 7) is 0. The fourth-order valence-electron chi connectivity index (χ4n) is 2.48. The van der Waals surface area contributed by atoms with E-state index >= 15 is 0 Å². The third kappa shape index (κ3) is 3.31. The predicted octanol–water partition coefficient (Wildman–Crippen LogP) is 3.33. The average molecular weight is 346 g/mol. The largest absolute Gasteiger partial charge is 0.497 e. The zero-order valence-corrected chi connectivity index (χ0v) is 13.4. The molecule has 5 nitrogen and oxygen atoms in total. The van der Waals surface area contributed by atoms with Crippen molar-refractivity contribution in [3.8, 4) is 5.75 Å². The number of anilines is 2. The van der Waals surface area contributed by atoms with E-state index in [1.807, 2.05) is 0 Å². The highest BCUT2D eigenvalue weighted by Crippen LogP contribution is 2.47. The number of ether oxygens (including phenoxy) is 1. The van der Waals surface area contributed by atoms with Gasteiger partial charge in [-0.05, 0) is 37.1 Å². The fourth-order valence-corrected chi connectivity index (χ4v) is 2.48. The number of methoxy groups -OCH3 is 1. The van der Waals surface area contributed by atoms with Gasteiger partial charge in [0.25, 0.3) is 0 Å². The molecule has 2 amide bonds. The predicted molar refractivity (Wildman–Crippen MR) is 88.3 cm³/mol. The maximum atomic E-state index is 13.7. The number of hydrogen-bond donors (Lipinski definition) is 2. The Hall–Kier alpha value is -2.96. The molecule has 1 aliphatic carbocycles. The van der Waals surface area contributed by atoms with Gasteiger partial charge in [-0.3, -0.25) is 9.59 Å². The van der Waals surface area contributed by atoms with Crippen molar-refractivity contribution in [2.24, 2.45) is 5.41 Å². The molecule has 0 aliphatic heterocycles. The highest BCUT2D eigenvalue weighted by atomic mass is 19.1. The molecule has 25 heavy (non-hydrogen) atoms. The van der Waals surface area contributed by atoms with Crippen LogP contribution in [0.4, 0.5) is 20.2 Å². The molecule has 2 aromatic rings. The number of hydrogen-bond acceptors (Lipinski definition) is 3. The van der Waals surface area contributed by atoms with E-state index in [0.717, 1.165) is 12.1 Å². The lowest BCUT2D eigenvalue weighted by atomic mass is 10.0. The summed E-state index contributed by atoms with van der Waals surface area (Å²) in [6.07, 6.45) is 0.620. The van der Waals surface area contributed by atoms with Crippen LogP contribution in [0.2, 0.25) is 0 Å². The molecule has 1 aliphatic rings. The summed E-state index contributed by atoms with van der Waals surface area (Å²) >= 11 is 0. The van der Waals surface area contributed by atoms with E-state index in [2.05, 4.69) is 10.6 Å². The second kappa shape index (κ2) is 6.51. The van der Waals surface area contributed by atoms with Crippen LogP contribution >= 0.6 is 0 Å². The molecular formula is C18H16F2N2O3. The lowest BCUT2D eigenvalue weighted by Crippen LogP contribution is -2.36. The molecule has 2 aromatic carbocycles. The van der Waals surface area contributed by atoms with Crippen molar-refractivity contribution in [3.63, 3.8) is 0 Å². The van der Waals surface area contributed by atoms with Crippen molar-refractivity contribution in [1.29, 1.82) is 0 Å². The number of amides is 2. The molecular weight excluding hydrogens is 330 g/mol. The van der Waals surface area contributed by atoms with E-state index in [9.17, 15) is 18.4 Å². The Kier molecular flexibility index (Phi) is 4.39. The standard InChI is InChI=1S/C18H16F2N2O3/c1-25-12-5-2-4-11(10-12)21-16(23)18(8-9-18)17(24)22-15-13(19)6-3-7-14(15)20/h2-7,10H,8-9H2,1H3,(H,21,23)(H,22,24). The number of halogens is 2. The topological polar surface area (TPSA) is 67.4 Å². The van der Waals surface area contributed by atoms with Crippen LogP contribution in [0.5, 0.6) is 5.75 Å². The Bertz CT molecular complexity index is 815. The van der Waals surface area contributed by atoms with Gasteiger partial charge in [-0.2, -0.15) is 0 Å². The third-order valence-corrected chi connectivity index (χ3v) is 4.15. The number of para-hydroxylation sites is 1. The van der Waals surface area contributed by atoms with Gasteiger partial charge in [0.15, 0.2) is 0 Å². The second-order valence-corrected chi connectivity index (χ2v) is 5.82. The summed E-state index contributed by atoms with van der Waals surface area (Å²) in [7, 11) is 1.50. The van der Waals surface area contributed by atoms with Gasteiger partial charge in [0.1, 0.15) is 28.5 Å². The number of carbonyl (C=O) groups is 2. The first-order valence-corrected chi connectivity index (χ1v) is 7.67. The van der Waals surface area contributed by atoms with Crippen molar-refractivity contribution >= 4 is 23.2 Å². The minimum Gasteiger partial charge on any atom is -0.497 e. The fraction of sp³-hybridized carbons (Fsp3) is 0.222. The van der Waals surface area contributed by atoms with E-state index < -0.39 is 34.6 Å². The maximum absolute atomic E-state index is 13.7. The van der Waals surface area contributed by atoms with Crippen molar-refractivity contribution < 1.29 is 23.1 Å². The van der Waals surface area contributed by atoms with Crippen LogP contribution in [0.25, 0.3) is 0 Å². The van der Waals surface area contributed by atoms with Crippen molar-refractivity contribution in [3.05, 3.63) is 54.1 Å². The molecule has 7 heteroatoms. The Morgan fingerprint density at radius 1 is 1.00 bits per heavy atom. The van der Waals surface area contributed by atoms with E-state index in [-0.39, 0.29) is 0 Å². The van der Waals surface area contributed by atoms with Crippen LogP contribution < -0.4 is 15.4 Å². The molecule has 130 valence electrons. The second-order valence-electron chi connectivity index (χ2n) is 5.82. The van der Waals surface area contributed by atoms with Gasteiger partial charge in [0.05, 0.1) is 7.11 Å². The number of benzene rings is 2. The Morgan fingerprint density at radius 3 is 2.20 bits per heavy atom. The number of nitrogens with one attached hydrogen (secondary N) is 2. The third-order valence-electron chi connectivity index (χ3n) is 4.15. The summed E-state index contributed by atoms with van der Waals surface area (Å²) < 4.78 is 32.4. The first kappa shape index (κ1) is 16.9. The quantitative estimate of drug-likeness (QED) is 0.816. The molecule has 0 aromatic heterocycles. The molecule has 0 unspecified atom stereocenters. The minimum absolute atomic E-state index is 0.310. The van der Waals surface area contributed by atoms with Crippen molar-refractivity contribution in [2.45, 2.75) is 12.8 Å². The SMILES string of the molecule is COc1cccc(NC(=O)C2(C(=O)Nc3c(F)cccc3F)CC2)c1. The van der Waals surface area contributed by atoms with Crippen LogP contribution in [-0.4, -0.2) is 18.9 Å². The molecule has 0 heterocycles. The minimum atomic E-state index is -1.32. The van der Waals surface area contributed by atoms with Gasteiger partial charge in [-0.25, -0.2) is 8.78 Å². The Balaban J connectivity index is 1.74. The molecule has 0 atom stereocenters. The summed E-state index contributed by atoms with van der Waals surface area (Å²) in [6, 6.07) is 9.96. The Labute approximate surface area is 143 Å². The zero-order chi connectivity index (χ0) is 18.0. The molecule has 0 spiro atoms. The van der Waals surface area contributed by atoms with Gasteiger partial charge < -0.3 is 15.4 Å². The number of carbonyl (C=O) groups excluding carboxylic acids is 2. The lowest BCUT2D eigenvalue weighted by molar-refractivity contribution is -0.131. The van der Waals surface area contributed by atoms with E-state index in [0.29, 0.717) is 24.3 Å². The molecule has 3 rings (SSSR count). The van der Waals surface area contributed by atoms with Crippen LogP contribution in [0.3, 0.4) is 0 Å². The molecule has 1 fully saturated rings. The molecule has 1 saturated carbocycles. The van der Waals surface area contributed by atoms with Crippen LogP contribution in [0.1, 0.15) is 12.8 Å². The monoisotopic (exact) mass is 346 g/mol. The summed E-state index contributed by atoms with van der Waals surface area (Å²) in [5.41, 5.74) is -1.40. The first-order chi connectivity index (χ1) is 12.0. The van der Waals surface area contributed by atoms with Crippen LogP contribution in [0, 0.1) is 17.0 Å². The molecule has 0 radical (unpaired) electrons. The Morgan fingerprint density at radius 2 is 1.60 bits per heavy atom. The van der Waals surface area contributed by atoms with Gasteiger partial charge in [-0.1, -0.05) is 12.1 Å². The molecule has 0 saturated heterocycles. The van der Waals surface area contributed by atoms with Gasteiger partial charge in [0, 0.05) is 11.8 Å². The highest BCUT2D eigenvalue weighted by molar-refractivity contribution is 6.17. The summed E-state index contributed by atoms with van der Waals surface area (Å²) in [5, 5.41) is 4.84. The van der Waals surface area contributed by atoms with E-state index in [1.165, 1.54) is 13.2 Å². The maximum Gasteiger partial charge on any atom is 0.240 e. The summed E-state index contributed by atoms with van der Waals surface area (Å²) in [5.74, 6) is -2.47. The van der Waals surface area contributed by atoms with Gasteiger partial charge >= 0.3 is 0 Å². The van der Waals surface area contributed by atoms with Crippen LogP contribution in [0.15, 0.2) is 42.5 Å². The van der Waals surface area contributed by atoms with Gasteiger partial charge in [0.2, 0.25) is 11.8 Å². The van der Waals surface area contributed by atoms with E-state index in [4.69, 9.17) is 4.74 Å². The summed E-state index contributed by atoms with van der Waals surface area (Å²) in [4.78, 5) is 24.9. The molecule has 0 bridgehead atoms. The normalized spacial score (nSPS) is 14.5. The van der Waals surface area contributed by atoms with Crippen LogP contribution in [-0.2, 0) is 9.59 Å². The zero-order valence-electron chi connectivity index (χ0n) is 13.4. The van der Waals surface area contributed by atoms with Crippen molar-refractivity contribution in [2.75, 3.05) is 17.7 Å².